The number of aliphatic hydroxyl groups excluding tert-OH is 1. The van der Waals surface area contributed by atoms with Gasteiger partial charge in [-0.1, -0.05) is 6.07 Å². The SMILES string of the molecule is O=C(CO)N1CCN(Cc2ccc(Br)c(F)c2)CC1. The molecule has 1 aliphatic heterocycles. The molecule has 1 fully saturated rings. The van der Waals surface area contributed by atoms with E-state index >= 15 is 0 Å². The molecule has 6 heteroatoms. The van der Waals surface area contributed by atoms with Crippen molar-refractivity contribution in [2.24, 2.45) is 0 Å². The Labute approximate surface area is 119 Å². The lowest BCUT2D eigenvalue weighted by Gasteiger charge is -2.34. The van der Waals surface area contributed by atoms with Gasteiger partial charge in [0.2, 0.25) is 5.91 Å². The number of aliphatic hydroxyl groups is 1. The van der Waals surface area contributed by atoms with Gasteiger partial charge in [0.1, 0.15) is 12.4 Å². The molecule has 1 amide bonds. The quantitative estimate of drug-likeness (QED) is 0.906. The molecule has 0 aromatic heterocycles. The van der Waals surface area contributed by atoms with E-state index in [-0.39, 0.29) is 11.7 Å². The standard InChI is InChI=1S/C13H16BrFN2O2/c14-11-2-1-10(7-12(11)15)8-16-3-5-17(6-4-16)13(19)9-18/h1-2,7,18H,3-6,8-9H2. The molecule has 104 valence electrons. The van der Waals surface area contributed by atoms with Gasteiger partial charge in [-0.25, -0.2) is 4.39 Å². The summed E-state index contributed by atoms with van der Waals surface area (Å²) < 4.78 is 13.9. The van der Waals surface area contributed by atoms with Crippen LogP contribution in [0.1, 0.15) is 5.56 Å². The Bertz CT molecular complexity index is 462. The van der Waals surface area contributed by atoms with Gasteiger partial charge in [0.05, 0.1) is 4.47 Å². The predicted molar refractivity (Wildman–Crippen MR) is 73.0 cm³/mol. The van der Waals surface area contributed by atoms with Crippen LogP contribution in [0.4, 0.5) is 4.39 Å². The zero-order chi connectivity index (χ0) is 13.8. The normalized spacial score (nSPS) is 16.7. The lowest BCUT2D eigenvalue weighted by molar-refractivity contribution is -0.135. The van der Waals surface area contributed by atoms with Crippen LogP contribution in [-0.2, 0) is 11.3 Å². The summed E-state index contributed by atoms with van der Waals surface area (Å²) in [5.74, 6) is -0.485. The van der Waals surface area contributed by atoms with Crippen molar-refractivity contribution in [1.82, 2.24) is 9.80 Å². The average Bonchev–Trinajstić information content (AvgIpc) is 2.43. The molecule has 0 unspecified atom stereocenters. The minimum Gasteiger partial charge on any atom is -0.387 e. The molecular formula is C13H16BrFN2O2. The number of carbonyl (C=O) groups is 1. The van der Waals surface area contributed by atoms with Crippen molar-refractivity contribution in [3.63, 3.8) is 0 Å². The van der Waals surface area contributed by atoms with Gasteiger partial charge in [0.25, 0.3) is 0 Å². The van der Waals surface area contributed by atoms with Crippen LogP contribution < -0.4 is 0 Å². The van der Waals surface area contributed by atoms with E-state index in [0.29, 0.717) is 24.1 Å². The number of amides is 1. The van der Waals surface area contributed by atoms with E-state index in [0.717, 1.165) is 18.7 Å². The Morgan fingerprint density at radius 3 is 2.58 bits per heavy atom. The second kappa shape index (κ2) is 6.45. The van der Waals surface area contributed by atoms with Crippen molar-refractivity contribution in [3.05, 3.63) is 34.1 Å². The third-order valence-corrected chi connectivity index (χ3v) is 3.89. The maximum absolute atomic E-state index is 13.4. The summed E-state index contributed by atoms with van der Waals surface area (Å²) >= 11 is 3.13. The highest BCUT2D eigenvalue weighted by molar-refractivity contribution is 9.10. The van der Waals surface area contributed by atoms with Crippen LogP contribution in [-0.4, -0.2) is 53.6 Å². The highest BCUT2D eigenvalue weighted by Crippen LogP contribution is 2.18. The van der Waals surface area contributed by atoms with Crippen molar-refractivity contribution in [3.8, 4) is 0 Å². The molecular weight excluding hydrogens is 315 g/mol. The van der Waals surface area contributed by atoms with Gasteiger partial charge in [-0.3, -0.25) is 9.69 Å². The third kappa shape index (κ3) is 3.75. The van der Waals surface area contributed by atoms with Gasteiger partial charge in [-0.15, -0.1) is 0 Å². The number of rotatable bonds is 3. The van der Waals surface area contributed by atoms with E-state index in [1.807, 2.05) is 6.07 Å². The maximum Gasteiger partial charge on any atom is 0.248 e. The summed E-state index contributed by atoms with van der Waals surface area (Å²) in [6.45, 7) is 2.94. The maximum atomic E-state index is 13.4. The highest BCUT2D eigenvalue weighted by atomic mass is 79.9. The lowest BCUT2D eigenvalue weighted by Crippen LogP contribution is -2.49. The molecule has 2 rings (SSSR count). The number of nitrogens with zero attached hydrogens (tertiary/aromatic N) is 2. The first-order chi connectivity index (χ1) is 9.10. The van der Waals surface area contributed by atoms with Gasteiger partial charge in [-0.05, 0) is 33.6 Å². The Morgan fingerprint density at radius 2 is 2.00 bits per heavy atom. The summed E-state index contributed by atoms with van der Waals surface area (Å²) in [6.07, 6.45) is 0. The summed E-state index contributed by atoms with van der Waals surface area (Å²) in [5.41, 5.74) is 0.919. The predicted octanol–water partition coefficient (Wildman–Crippen LogP) is 1.22. The fraction of sp³-hybridized carbons (Fsp3) is 0.462. The zero-order valence-corrected chi connectivity index (χ0v) is 12.1. The van der Waals surface area contributed by atoms with Crippen molar-refractivity contribution in [1.29, 1.82) is 0 Å². The monoisotopic (exact) mass is 330 g/mol. The molecule has 0 radical (unpaired) electrons. The second-order valence-electron chi connectivity index (χ2n) is 4.56. The molecule has 19 heavy (non-hydrogen) atoms. The van der Waals surface area contributed by atoms with Crippen LogP contribution in [0.3, 0.4) is 0 Å². The van der Waals surface area contributed by atoms with Gasteiger partial charge < -0.3 is 10.0 Å². The van der Waals surface area contributed by atoms with Crippen LogP contribution in [0.15, 0.2) is 22.7 Å². The molecule has 0 aliphatic carbocycles. The van der Waals surface area contributed by atoms with Crippen molar-refractivity contribution >= 4 is 21.8 Å². The first-order valence-corrected chi connectivity index (χ1v) is 6.94. The molecule has 1 heterocycles. The minimum atomic E-state index is -0.433. The van der Waals surface area contributed by atoms with Gasteiger partial charge in [0, 0.05) is 32.7 Å². The molecule has 1 aromatic carbocycles. The molecule has 0 atom stereocenters. The van der Waals surface area contributed by atoms with Gasteiger partial charge in [0.15, 0.2) is 0 Å². The van der Waals surface area contributed by atoms with Crippen LogP contribution in [0.5, 0.6) is 0 Å². The fourth-order valence-corrected chi connectivity index (χ4v) is 2.40. The summed E-state index contributed by atoms with van der Waals surface area (Å²) in [7, 11) is 0. The van der Waals surface area contributed by atoms with E-state index in [1.165, 1.54) is 6.07 Å². The first-order valence-electron chi connectivity index (χ1n) is 6.15. The number of benzene rings is 1. The largest absolute Gasteiger partial charge is 0.387 e. The van der Waals surface area contributed by atoms with E-state index in [4.69, 9.17) is 5.11 Å². The van der Waals surface area contributed by atoms with Gasteiger partial charge in [-0.2, -0.15) is 0 Å². The highest BCUT2D eigenvalue weighted by Gasteiger charge is 2.20. The zero-order valence-electron chi connectivity index (χ0n) is 10.5. The summed E-state index contributed by atoms with van der Waals surface area (Å²) in [4.78, 5) is 15.1. The third-order valence-electron chi connectivity index (χ3n) is 3.25. The van der Waals surface area contributed by atoms with E-state index in [2.05, 4.69) is 20.8 Å². The summed E-state index contributed by atoms with van der Waals surface area (Å²) in [6, 6.07) is 5.12. The van der Waals surface area contributed by atoms with Crippen LogP contribution in [0.2, 0.25) is 0 Å². The van der Waals surface area contributed by atoms with Gasteiger partial charge >= 0.3 is 0 Å². The van der Waals surface area contributed by atoms with Crippen molar-refractivity contribution < 1.29 is 14.3 Å². The minimum absolute atomic E-state index is 0.227. The average molecular weight is 331 g/mol. The Hall–Kier alpha value is -0.980. The molecule has 1 aliphatic rings. The van der Waals surface area contributed by atoms with Crippen LogP contribution in [0, 0.1) is 5.82 Å². The molecule has 1 aromatic rings. The number of piperazine rings is 1. The van der Waals surface area contributed by atoms with Crippen LogP contribution >= 0.6 is 15.9 Å². The van der Waals surface area contributed by atoms with Crippen molar-refractivity contribution in [2.45, 2.75) is 6.54 Å². The van der Waals surface area contributed by atoms with Crippen molar-refractivity contribution in [2.75, 3.05) is 32.8 Å². The first kappa shape index (κ1) is 14.4. The fourth-order valence-electron chi connectivity index (χ4n) is 2.15. The molecule has 1 N–H and O–H groups in total. The molecule has 0 spiro atoms. The topological polar surface area (TPSA) is 43.8 Å². The smallest absolute Gasteiger partial charge is 0.248 e. The number of carbonyl (C=O) groups excluding carboxylic acids is 1. The molecule has 4 nitrogen and oxygen atoms in total. The Morgan fingerprint density at radius 1 is 1.32 bits per heavy atom. The Kier molecular flexibility index (Phi) is 4.90. The Balaban J connectivity index is 1.88. The van der Waals surface area contributed by atoms with E-state index < -0.39 is 6.61 Å². The second-order valence-corrected chi connectivity index (χ2v) is 5.42. The summed E-state index contributed by atoms with van der Waals surface area (Å²) in [5, 5.41) is 8.79. The lowest BCUT2D eigenvalue weighted by atomic mass is 10.2. The number of hydrogen-bond donors (Lipinski definition) is 1. The van der Waals surface area contributed by atoms with E-state index in [1.54, 1.807) is 11.0 Å². The molecule has 1 saturated heterocycles. The number of hydrogen-bond acceptors (Lipinski definition) is 3. The number of halogens is 2. The van der Waals surface area contributed by atoms with E-state index in [9.17, 15) is 9.18 Å². The molecule has 0 saturated carbocycles. The van der Waals surface area contributed by atoms with Crippen LogP contribution in [0.25, 0.3) is 0 Å². The molecule has 0 bridgehead atoms.